The number of aromatic nitrogens is 3. The van der Waals surface area contributed by atoms with Crippen molar-refractivity contribution >= 4 is 24.1 Å². The van der Waals surface area contributed by atoms with E-state index in [1.54, 1.807) is 4.68 Å². The average Bonchev–Trinajstić information content (AvgIpc) is 3.32. The van der Waals surface area contributed by atoms with E-state index < -0.39 is 24.0 Å². The molecule has 0 spiro atoms. The number of nitrogens with zero attached hydrogens (tertiary/aromatic N) is 4. The Bertz CT molecular complexity index is 857. The van der Waals surface area contributed by atoms with E-state index >= 15 is 0 Å². The van der Waals surface area contributed by atoms with Gasteiger partial charge >= 0.3 is 0 Å². The van der Waals surface area contributed by atoms with E-state index in [0.29, 0.717) is 58.4 Å². The Kier molecular flexibility index (Phi) is 14.1. The second-order valence-electron chi connectivity index (χ2n) is 9.20. The summed E-state index contributed by atoms with van der Waals surface area (Å²) in [5.41, 5.74) is 17.3. The van der Waals surface area contributed by atoms with Crippen LogP contribution in [0.25, 0.3) is 0 Å². The summed E-state index contributed by atoms with van der Waals surface area (Å²) in [6.45, 7) is 3.23. The van der Waals surface area contributed by atoms with Crippen molar-refractivity contribution in [1.82, 2.24) is 36.3 Å². The molecule has 2 bridgehead atoms. The number of hydrogen-bond donors (Lipinski definition) is 7. The maximum atomic E-state index is 13.3. The summed E-state index contributed by atoms with van der Waals surface area (Å²) < 4.78 is 1.74. The summed E-state index contributed by atoms with van der Waals surface area (Å²) in [5, 5.41) is 20.6. The van der Waals surface area contributed by atoms with Crippen molar-refractivity contribution < 1.29 is 14.4 Å². The van der Waals surface area contributed by atoms with Crippen molar-refractivity contribution in [3.8, 4) is 0 Å². The molecule has 208 valence electrons. The van der Waals surface area contributed by atoms with Crippen LogP contribution < -0.4 is 38.5 Å². The predicted molar refractivity (Wildman–Crippen MR) is 140 cm³/mol. The Morgan fingerprint density at radius 2 is 1.86 bits per heavy atom. The molecule has 0 saturated carbocycles. The fraction of sp³-hybridized carbons (Fsp3) is 0.739. The van der Waals surface area contributed by atoms with Gasteiger partial charge in [0.15, 0.2) is 5.96 Å². The lowest BCUT2D eigenvalue weighted by molar-refractivity contribution is -0.131. The lowest BCUT2D eigenvalue weighted by Crippen LogP contribution is -2.54. The molecule has 3 atom stereocenters. The summed E-state index contributed by atoms with van der Waals surface area (Å²) >= 11 is 0. The van der Waals surface area contributed by atoms with Crippen LogP contribution >= 0.6 is 0 Å². The number of aldehydes is 1. The van der Waals surface area contributed by atoms with Crippen LogP contribution in [0.4, 0.5) is 0 Å². The number of guanidine groups is 1. The molecule has 0 radical (unpaired) electrons. The zero-order valence-electron chi connectivity index (χ0n) is 21.5. The van der Waals surface area contributed by atoms with Crippen molar-refractivity contribution in [3.63, 3.8) is 0 Å². The molecule has 1 aliphatic heterocycles. The first-order chi connectivity index (χ1) is 17.9. The van der Waals surface area contributed by atoms with Gasteiger partial charge in [0.25, 0.3) is 0 Å². The monoisotopic (exact) mass is 521 g/mol. The predicted octanol–water partition coefficient (Wildman–Crippen LogP) is -2.14. The number of nitrogens with two attached hydrogens (primary N) is 3. The molecule has 0 unspecified atom stereocenters. The highest BCUT2D eigenvalue weighted by Crippen LogP contribution is 2.07. The first kappa shape index (κ1) is 30.1. The summed E-state index contributed by atoms with van der Waals surface area (Å²) in [6.07, 6.45) is 7.61. The zero-order valence-corrected chi connectivity index (χ0v) is 21.5. The van der Waals surface area contributed by atoms with Gasteiger partial charge in [-0.1, -0.05) is 11.6 Å². The highest BCUT2D eigenvalue weighted by atomic mass is 16.2. The number of amides is 2. The molecule has 1 aliphatic rings. The van der Waals surface area contributed by atoms with Gasteiger partial charge in [0.1, 0.15) is 12.3 Å². The third-order valence-electron chi connectivity index (χ3n) is 6.08. The van der Waals surface area contributed by atoms with Gasteiger partial charge in [-0.05, 0) is 58.0 Å². The fourth-order valence-electron chi connectivity index (χ4n) is 4.03. The molecular weight excluding hydrogens is 478 g/mol. The van der Waals surface area contributed by atoms with Crippen LogP contribution in [0.2, 0.25) is 0 Å². The van der Waals surface area contributed by atoms with E-state index in [2.05, 4.69) is 36.6 Å². The molecule has 0 saturated heterocycles. The highest BCUT2D eigenvalue weighted by Gasteiger charge is 2.26. The minimum atomic E-state index is -0.829. The molecular formula is C23H43N11O3. The smallest absolute Gasteiger partial charge is 0.243 e. The van der Waals surface area contributed by atoms with Crippen molar-refractivity contribution in [2.24, 2.45) is 22.2 Å². The Morgan fingerprint density at radius 1 is 1.08 bits per heavy atom. The second-order valence-corrected chi connectivity index (χ2v) is 9.20. The van der Waals surface area contributed by atoms with E-state index in [1.807, 2.05) is 6.20 Å². The van der Waals surface area contributed by atoms with E-state index in [9.17, 15) is 14.4 Å². The lowest BCUT2D eigenvalue weighted by atomic mass is 10.1. The quantitative estimate of drug-likeness (QED) is 0.0808. The van der Waals surface area contributed by atoms with Crippen LogP contribution in [0.15, 0.2) is 11.2 Å². The number of carbonyl (C=O) groups is 3. The Morgan fingerprint density at radius 3 is 2.62 bits per heavy atom. The van der Waals surface area contributed by atoms with Gasteiger partial charge in [0.2, 0.25) is 11.8 Å². The SMILES string of the molecule is NCCCC[C@@H]1NCCn2cc(nn2)CNCCCC[C@@H](C=O)NC(=O)[C@H](CCCN=C(N)N)NC1=O. The molecule has 37 heavy (non-hydrogen) atoms. The third-order valence-corrected chi connectivity index (χ3v) is 6.08. The van der Waals surface area contributed by atoms with Gasteiger partial charge in [-0.2, -0.15) is 0 Å². The molecule has 14 heteroatoms. The molecule has 0 aromatic carbocycles. The molecule has 0 fully saturated rings. The van der Waals surface area contributed by atoms with Crippen LogP contribution in [0.3, 0.4) is 0 Å². The Hall–Kier alpha value is -3.10. The van der Waals surface area contributed by atoms with Crippen molar-refractivity contribution in [3.05, 3.63) is 11.9 Å². The highest BCUT2D eigenvalue weighted by molar-refractivity contribution is 5.90. The minimum Gasteiger partial charge on any atom is -0.370 e. The normalized spacial score (nSPS) is 22.6. The molecule has 14 nitrogen and oxygen atoms in total. The van der Waals surface area contributed by atoms with E-state index in [1.165, 1.54) is 0 Å². The zero-order chi connectivity index (χ0) is 26.9. The number of aliphatic imine (C=N–C) groups is 1. The first-order valence-corrected chi connectivity index (χ1v) is 13.1. The standard InChI is InChI=1S/C23H43N11O3/c24-9-3-1-7-19-21(36)31-20(8-5-11-29-23(25)26)22(37)30-17(16-35)6-2-4-10-27-14-18-15-34(33-32-18)13-12-28-19/h15-17,19-20,27-28H,1-14,24H2,(H,30,37)(H,31,36)(H4,25,26,29)/t17-,19-,20-/m0/s1. The maximum Gasteiger partial charge on any atom is 0.243 e. The molecule has 2 amide bonds. The van der Waals surface area contributed by atoms with Gasteiger partial charge in [0.05, 0.1) is 24.3 Å². The topological polar surface area (TPSA) is 220 Å². The largest absolute Gasteiger partial charge is 0.370 e. The minimum absolute atomic E-state index is 0.0341. The van der Waals surface area contributed by atoms with Crippen LogP contribution in [0, 0.1) is 0 Å². The van der Waals surface area contributed by atoms with E-state index in [4.69, 9.17) is 17.2 Å². The van der Waals surface area contributed by atoms with Crippen molar-refractivity contribution in [1.29, 1.82) is 0 Å². The van der Waals surface area contributed by atoms with Gasteiger partial charge in [0, 0.05) is 25.8 Å². The van der Waals surface area contributed by atoms with Crippen LogP contribution in [0.5, 0.6) is 0 Å². The van der Waals surface area contributed by atoms with Gasteiger partial charge in [-0.25, -0.2) is 0 Å². The number of hydrogen-bond acceptors (Lipinski definition) is 9. The third kappa shape index (κ3) is 12.1. The summed E-state index contributed by atoms with van der Waals surface area (Å²) in [7, 11) is 0. The number of unbranched alkanes of at least 4 members (excludes halogenated alkanes) is 1. The summed E-state index contributed by atoms with van der Waals surface area (Å²) in [6, 6.07) is -1.98. The molecule has 2 heterocycles. The summed E-state index contributed by atoms with van der Waals surface area (Å²) in [5.74, 6) is -0.724. The van der Waals surface area contributed by atoms with Crippen LogP contribution in [0.1, 0.15) is 57.1 Å². The number of carbonyl (C=O) groups excluding carboxylic acids is 3. The van der Waals surface area contributed by atoms with Crippen LogP contribution in [-0.2, 0) is 27.5 Å². The number of fused-ring (bicyclic) bond motifs is 2. The summed E-state index contributed by atoms with van der Waals surface area (Å²) in [4.78, 5) is 41.9. The second kappa shape index (κ2) is 17.4. The molecule has 1 aromatic heterocycles. The average molecular weight is 522 g/mol. The maximum absolute atomic E-state index is 13.3. The number of nitrogens with one attached hydrogen (secondary N) is 4. The van der Waals surface area contributed by atoms with Gasteiger partial charge in [-0.3, -0.25) is 19.3 Å². The Labute approximate surface area is 217 Å². The molecule has 0 aliphatic carbocycles. The molecule has 2 rings (SSSR count). The van der Waals surface area contributed by atoms with Crippen LogP contribution in [-0.4, -0.2) is 83.4 Å². The lowest BCUT2D eigenvalue weighted by Gasteiger charge is -2.24. The molecule has 10 N–H and O–H groups in total. The number of rotatable bonds is 9. The van der Waals surface area contributed by atoms with Gasteiger partial charge < -0.3 is 43.3 Å². The van der Waals surface area contributed by atoms with Crippen molar-refractivity contribution in [2.75, 3.05) is 26.2 Å². The van der Waals surface area contributed by atoms with Crippen molar-refractivity contribution in [2.45, 2.75) is 82.6 Å². The van der Waals surface area contributed by atoms with E-state index in [0.717, 1.165) is 44.2 Å². The first-order valence-electron chi connectivity index (χ1n) is 13.1. The Balaban J connectivity index is 2.16. The molecule has 1 aromatic rings. The fourth-order valence-corrected chi connectivity index (χ4v) is 4.03. The van der Waals surface area contributed by atoms with E-state index in [-0.39, 0.29) is 11.9 Å². The van der Waals surface area contributed by atoms with Gasteiger partial charge in [-0.15, -0.1) is 5.10 Å².